The fourth-order valence-electron chi connectivity index (χ4n) is 3.08. The topological polar surface area (TPSA) is 91.8 Å². The van der Waals surface area contributed by atoms with Gasteiger partial charge >= 0.3 is 5.97 Å². The van der Waals surface area contributed by atoms with Crippen LogP contribution in [0.3, 0.4) is 0 Å². The standard InChI is InChI=1S/C21H24N4O4/c1-3-29-21(28)16-4-6-17(7-5-16)23-18-8-9-22-19(14-18)20(27)25-12-10-24(11-13-25)15(2)26/h4-9,14H,3,10-13H2,1-2H3,(H,22,23). The fourth-order valence-corrected chi connectivity index (χ4v) is 3.08. The molecule has 3 rings (SSSR count). The third kappa shape index (κ3) is 5.10. The lowest BCUT2D eigenvalue weighted by molar-refractivity contribution is -0.130. The van der Waals surface area contributed by atoms with E-state index in [4.69, 9.17) is 4.74 Å². The lowest BCUT2D eigenvalue weighted by Gasteiger charge is -2.34. The molecule has 152 valence electrons. The largest absolute Gasteiger partial charge is 0.462 e. The summed E-state index contributed by atoms with van der Waals surface area (Å²) in [5.74, 6) is -0.495. The van der Waals surface area contributed by atoms with Gasteiger partial charge in [-0.25, -0.2) is 4.79 Å². The number of hydrogen-bond donors (Lipinski definition) is 1. The van der Waals surface area contributed by atoms with Gasteiger partial charge in [-0.15, -0.1) is 0 Å². The maximum Gasteiger partial charge on any atom is 0.338 e. The van der Waals surface area contributed by atoms with E-state index in [0.717, 1.165) is 11.4 Å². The van der Waals surface area contributed by atoms with E-state index in [9.17, 15) is 14.4 Å². The Bertz CT molecular complexity index is 890. The number of aromatic nitrogens is 1. The van der Waals surface area contributed by atoms with Gasteiger partial charge in [0.05, 0.1) is 12.2 Å². The maximum atomic E-state index is 12.7. The summed E-state index contributed by atoms with van der Waals surface area (Å²) in [6.45, 7) is 5.68. The normalized spacial score (nSPS) is 13.7. The van der Waals surface area contributed by atoms with Crippen molar-refractivity contribution in [1.82, 2.24) is 14.8 Å². The van der Waals surface area contributed by atoms with Gasteiger partial charge in [0.25, 0.3) is 5.91 Å². The van der Waals surface area contributed by atoms with Crippen LogP contribution in [0.2, 0.25) is 0 Å². The van der Waals surface area contributed by atoms with Gasteiger partial charge in [-0.2, -0.15) is 0 Å². The van der Waals surface area contributed by atoms with E-state index >= 15 is 0 Å². The molecule has 1 aliphatic heterocycles. The number of esters is 1. The number of nitrogens with one attached hydrogen (secondary N) is 1. The predicted molar refractivity (Wildman–Crippen MR) is 108 cm³/mol. The molecule has 1 fully saturated rings. The van der Waals surface area contributed by atoms with Crippen molar-refractivity contribution in [3.05, 3.63) is 53.9 Å². The highest BCUT2D eigenvalue weighted by Crippen LogP contribution is 2.19. The Morgan fingerprint density at radius 2 is 1.66 bits per heavy atom. The van der Waals surface area contributed by atoms with Gasteiger partial charge in [0.1, 0.15) is 5.69 Å². The SMILES string of the molecule is CCOC(=O)c1ccc(Nc2ccnc(C(=O)N3CCN(C(C)=O)CC3)c2)cc1. The van der Waals surface area contributed by atoms with Crippen molar-refractivity contribution in [1.29, 1.82) is 0 Å². The molecule has 29 heavy (non-hydrogen) atoms. The van der Waals surface area contributed by atoms with Gasteiger partial charge < -0.3 is 19.9 Å². The van der Waals surface area contributed by atoms with Gasteiger partial charge in [-0.1, -0.05) is 0 Å². The number of benzene rings is 1. The lowest BCUT2D eigenvalue weighted by Crippen LogP contribution is -2.50. The molecule has 1 aromatic heterocycles. The number of carbonyl (C=O) groups excluding carboxylic acids is 3. The van der Waals surface area contributed by atoms with Crippen molar-refractivity contribution in [3.63, 3.8) is 0 Å². The zero-order valence-corrected chi connectivity index (χ0v) is 16.6. The van der Waals surface area contributed by atoms with E-state index in [0.29, 0.717) is 44.0 Å². The van der Waals surface area contributed by atoms with Crippen molar-refractivity contribution >= 4 is 29.2 Å². The number of nitrogens with zero attached hydrogens (tertiary/aromatic N) is 3. The number of amides is 2. The zero-order chi connectivity index (χ0) is 20.8. The number of hydrogen-bond acceptors (Lipinski definition) is 6. The molecule has 0 unspecified atom stereocenters. The molecule has 0 aliphatic carbocycles. The molecule has 0 radical (unpaired) electrons. The van der Waals surface area contributed by atoms with Crippen LogP contribution in [0.4, 0.5) is 11.4 Å². The number of pyridine rings is 1. The molecule has 1 aliphatic rings. The van der Waals surface area contributed by atoms with Gasteiger partial charge in [0.2, 0.25) is 5.91 Å². The second kappa shape index (κ2) is 9.18. The minimum Gasteiger partial charge on any atom is -0.462 e. The minimum atomic E-state index is -0.360. The Morgan fingerprint density at radius 1 is 1.00 bits per heavy atom. The molecule has 0 atom stereocenters. The quantitative estimate of drug-likeness (QED) is 0.780. The van der Waals surface area contributed by atoms with Gasteiger partial charge in [-0.3, -0.25) is 14.6 Å². The molecule has 0 bridgehead atoms. The third-order valence-electron chi connectivity index (χ3n) is 4.68. The summed E-state index contributed by atoms with van der Waals surface area (Å²) in [6, 6.07) is 10.4. The van der Waals surface area contributed by atoms with Crippen molar-refractivity contribution in [2.45, 2.75) is 13.8 Å². The Labute approximate surface area is 169 Å². The van der Waals surface area contributed by atoms with Crippen molar-refractivity contribution < 1.29 is 19.1 Å². The van der Waals surface area contributed by atoms with Crippen LogP contribution in [-0.2, 0) is 9.53 Å². The van der Waals surface area contributed by atoms with Crippen LogP contribution in [0.15, 0.2) is 42.6 Å². The van der Waals surface area contributed by atoms with Crippen molar-refractivity contribution in [2.75, 3.05) is 38.1 Å². The van der Waals surface area contributed by atoms with E-state index in [1.54, 1.807) is 59.3 Å². The van der Waals surface area contributed by atoms with Crippen LogP contribution in [0.1, 0.15) is 34.7 Å². The van der Waals surface area contributed by atoms with Crippen LogP contribution in [-0.4, -0.2) is 65.4 Å². The van der Waals surface area contributed by atoms with Gasteiger partial charge in [0, 0.05) is 50.7 Å². The van der Waals surface area contributed by atoms with E-state index in [2.05, 4.69) is 10.3 Å². The average Bonchev–Trinajstić information content (AvgIpc) is 2.74. The summed E-state index contributed by atoms with van der Waals surface area (Å²) >= 11 is 0. The monoisotopic (exact) mass is 396 g/mol. The lowest BCUT2D eigenvalue weighted by atomic mass is 10.2. The van der Waals surface area contributed by atoms with Crippen LogP contribution >= 0.6 is 0 Å². The number of rotatable bonds is 5. The predicted octanol–water partition coefficient (Wildman–Crippen LogP) is 2.31. The third-order valence-corrected chi connectivity index (χ3v) is 4.68. The molecule has 2 heterocycles. The summed E-state index contributed by atoms with van der Waals surface area (Å²) in [5, 5.41) is 3.21. The summed E-state index contributed by atoms with van der Waals surface area (Å²) in [4.78, 5) is 43.5. The number of carbonyl (C=O) groups is 3. The van der Waals surface area contributed by atoms with E-state index in [-0.39, 0.29) is 17.8 Å². The second-order valence-electron chi connectivity index (χ2n) is 6.65. The molecule has 2 amide bonds. The number of anilines is 2. The molecule has 1 saturated heterocycles. The Hall–Kier alpha value is -3.42. The molecular formula is C21H24N4O4. The van der Waals surface area contributed by atoms with Crippen LogP contribution in [0.5, 0.6) is 0 Å². The first kappa shape index (κ1) is 20.3. The van der Waals surface area contributed by atoms with E-state index in [1.807, 2.05) is 0 Å². The summed E-state index contributed by atoms with van der Waals surface area (Å²) in [7, 11) is 0. The van der Waals surface area contributed by atoms with E-state index in [1.165, 1.54) is 6.92 Å². The molecule has 0 spiro atoms. The maximum absolute atomic E-state index is 12.7. The van der Waals surface area contributed by atoms with Crippen molar-refractivity contribution in [2.24, 2.45) is 0 Å². The zero-order valence-electron chi connectivity index (χ0n) is 16.6. The molecule has 0 saturated carbocycles. The highest BCUT2D eigenvalue weighted by Gasteiger charge is 2.24. The summed E-state index contributed by atoms with van der Waals surface area (Å²) in [5.41, 5.74) is 2.31. The Kier molecular flexibility index (Phi) is 6.43. The molecule has 8 nitrogen and oxygen atoms in total. The van der Waals surface area contributed by atoms with Gasteiger partial charge in [0.15, 0.2) is 0 Å². The van der Waals surface area contributed by atoms with Crippen LogP contribution < -0.4 is 5.32 Å². The number of piperazine rings is 1. The molecule has 8 heteroatoms. The second-order valence-corrected chi connectivity index (χ2v) is 6.65. The van der Waals surface area contributed by atoms with Crippen LogP contribution in [0, 0.1) is 0 Å². The molecule has 1 aromatic carbocycles. The smallest absolute Gasteiger partial charge is 0.338 e. The Balaban J connectivity index is 1.64. The summed E-state index contributed by atoms with van der Waals surface area (Å²) in [6.07, 6.45) is 1.58. The first-order chi connectivity index (χ1) is 14.0. The highest BCUT2D eigenvalue weighted by atomic mass is 16.5. The molecule has 1 N–H and O–H groups in total. The summed E-state index contributed by atoms with van der Waals surface area (Å²) < 4.78 is 4.97. The molecule has 2 aromatic rings. The van der Waals surface area contributed by atoms with Crippen molar-refractivity contribution in [3.8, 4) is 0 Å². The average molecular weight is 396 g/mol. The Morgan fingerprint density at radius 3 is 2.28 bits per heavy atom. The van der Waals surface area contributed by atoms with Gasteiger partial charge in [-0.05, 0) is 43.3 Å². The van der Waals surface area contributed by atoms with Crippen LogP contribution in [0.25, 0.3) is 0 Å². The first-order valence-electron chi connectivity index (χ1n) is 9.53. The molecular weight excluding hydrogens is 372 g/mol. The number of ether oxygens (including phenoxy) is 1. The fraction of sp³-hybridized carbons (Fsp3) is 0.333. The highest BCUT2D eigenvalue weighted by molar-refractivity contribution is 5.93. The first-order valence-corrected chi connectivity index (χ1v) is 9.53. The minimum absolute atomic E-state index is 0.0235. The van der Waals surface area contributed by atoms with E-state index < -0.39 is 0 Å².